The van der Waals surface area contributed by atoms with Gasteiger partial charge in [0, 0.05) is 6.54 Å². The molecule has 2 rings (SSSR count). The van der Waals surface area contributed by atoms with E-state index < -0.39 is 0 Å². The van der Waals surface area contributed by atoms with Gasteiger partial charge in [0.05, 0.1) is 6.17 Å². The Balaban J connectivity index is 2.00. The minimum absolute atomic E-state index is 0.165. The van der Waals surface area contributed by atoms with Crippen molar-refractivity contribution in [2.45, 2.75) is 38.4 Å². The molecule has 2 atom stereocenters. The number of hydrogen-bond donors (Lipinski definition) is 1. The quantitative estimate of drug-likeness (QED) is 0.784. The molecule has 4 heteroatoms. The van der Waals surface area contributed by atoms with Crippen molar-refractivity contribution >= 4 is 17.7 Å². The SMILES string of the molecule is CCC1NC(c2ccccc2)C(=O)N1CCCCSC. The van der Waals surface area contributed by atoms with Crippen LogP contribution in [0.5, 0.6) is 0 Å². The van der Waals surface area contributed by atoms with Gasteiger partial charge in [-0.05, 0) is 36.8 Å². The first-order chi connectivity index (χ1) is 9.77. The van der Waals surface area contributed by atoms with Crippen LogP contribution in [0.25, 0.3) is 0 Å². The zero-order chi connectivity index (χ0) is 14.4. The summed E-state index contributed by atoms with van der Waals surface area (Å²) in [7, 11) is 0. The summed E-state index contributed by atoms with van der Waals surface area (Å²) >= 11 is 1.87. The lowest BCUT2D eigenvalue weighted by atomic mass is 10.1. The van der Waals surface area contributed by atoms with Crippen LogP contribution in [0.2, 0.25) is 0 Å². The summed E-state index contributed by atoms with van der Waals surface area (Å²) in [5, 5.41) is 3.47. The molecule has 1 aromatic rings. The molecule has 0 aromatic heterocycles. The average molecular weight is 292 g/mol. The number of thioether (sulfide) groups is 1. The zero-order valence-electron chi connectivity index (χ0n) is 12.3. The van der Waals surface area contributed by atoms with Crippen molar-refractivity contribution in [2.75, 3.05) is 18.6 Å². The molecule has 0 saturated carbocycles. The maximum Gasteiger partial charge on any atom is 0.245 e. The number of carbonyl (C=O) groups excluding carboxylic acids is 1. The first kappa shape index (κ1) is 15.4. The lowest BCUT2D eigenvalue weighted by Crippen LogP contribution is -2.37. The van der Waals surface area contributed by atoms with Gasteiger partial charge in [0.2, 0.25) is 5.91 Å². The molecule has 1 aliphatic rings. The Labute approximate surface area is 126 Å². The van der Waals surface area contributed by atoms with Crippen LogP contribution in [-0.4, -0.2) is 35.5 Å². The molecule has 2 unspecified atom stereocenters. The summed E-state index contributed by atoms with van der Waals surface area (Å²) in [5.74, 6) is 1.40. The largest absolute Gasteiger partial charge is 0.325 e. The predicted octanol–water partition coefficient (Wildman–Crippen LogP) is 3.04. The summed E-state index contributed by atoms with van der Waals surface area (Å²) in [6, 6.07) is 9.86. The van der Waals surface area contributed by atoms with Gasteiger partial charge in [0.15, 0.2) is 0 Å². The van der Waals surface area contributed by atoms with E-state index in [-0.39, 0.29) is 18.1 Å². The molecule has 0 spiro atoms. The molecule has 0 aliphatic carbocycles. The van der Waals surface area contributed by atoms with Crippen molar-refractivity contribution in [2.24, 2.45) is 0 Å². The fourth-order valence-corrected chi connectivity index (χ4v) is 3.18. The molecule has 1 aromatic carbocycles. The van der Waals surface area contributed by atoms with Crippen molar-refractivity contribution in [1.29, 1.82) is 0 Å². The Morgan fingerprint density at radius 1 is 1.25 bits per heavy atom. The van der Waals surface area contributed by atoms with Gasteiger partial charge in [-0.2, -0.15) is 11.8 Å². The monoisotopic (exact) mass is 292 g/mol. The van der Waals surface area contributed by atoms with Gasteiger partial charge < -0.3 is 4.90 Å². The summed E-state index contributed by atoms with van der Waals surface area (Å²) in [4.78, 5) is 14.6. The minimum atomic E-state index is -0.165. The molecule has 3 nitrogen and oxygen atoms in total. The van der Waals surface area contributed by atoms with Crippen LogP contribution >= 0.6 is 11.8 Å². The fraction of sp³-hybridized carbons (Fsp3) is 0.562. The van der Waals surface area contributed by atoms with E-state index in [1.807, 2.05) is 47.0 Å². The third-order valence-electron chi connectivity index (χ3n) is 3.78. The minimum Gasteiger partial charge on any atom is -0.325 e. The Kier molecular flexibility index (Phi) is 5.92. The lowest BCUT2D eigenvalue weighted by Gasteiger charge is -2.22. The second-order valence-corrected chi connectivity index (χ2v) is 6.15. The van der Waals surface area contributed by atoms with E-state index in [9.17, 15) is 4.79 Å². The maximum atomic E-state index is 12.6. The zero-order valence-corrected chi connectivity index (χ0v) is 13.2. The highest BCUT2D eigenvalue weighted by Gasteiger charge is 2.37. The number of benzene rings is 1. The van der Waals surface area contributed by atoms with Crippen molar-refractivity contribution in [1.82, 2.24) is 10.2 Å². The Hall–Kier alpha value is -1.00. The fourth-order valence-electron chi connectivity index (χ4n) is 2.69. The maximum absolute atomic E-state index is 12.6. The van der Waals surface area contributed by atoms with Crippen LogP contribution < -0.4 is 5.32 Å². The second-order valence-electron chi connectivity index (χ2n) is 5.17. The number of carbonyl (C=O) groups is 1. The van der Waals surface area contributed by atoms with Gasteiger partial charge in [-0.3, -0.25) is 10.1 Å². The third kappa shape index (κ3) is 3.55. The van der Waals surface area contributed by atoms with E-state index >= 15 is 0 Å². The topological polar surface area (TPSA) is 32.3 Å². The van der Waals surface area contributed by atoms with E-state index in [1.165, 1.54) is 12.2 Å². The number of nitrogens with zero attached hydrogens (tertiary/aromatic N) is 1. The molecule has 1 N–H and O–H groups in total. The summed E-state index contributed by atoms with van der Waals surface area (Å²) in [6.45, 7) is 3.00. The van der Waals surface area contributed by atoms with Crippen LogP contribution in [0, 0.1) is 0 Å². The van der Waals surface area contributed by atoms with E-state index in [2.05, 4.69) is 18.5 Å². The van der Waals surface area contributed by atoms with Crippen molar-refractivity contribution in [3.8, 4) is 0 Å². The van der Waals surface area contributed by atoms with Crippen LogP contribution in [-0.2, 0) is 4.79 Å². The number of nitrogens with one attached hydrogen (secondary N) is 1. The van der Waals surface area contributed by atoms with Crippen molar-refractivity contribution < 1.29 is 4.79 Å². The molecule has 1 fully saturated rings. The highest BCUT2D eigenvalue weighted by atomic mass is 32.2. The number of amides is 1. The van der Waals surface area contributed by atoms with Crippen LogP contribution in [0.15, 0.2) is 30.3 Å². The number of unbranched alkanes of at least 4 members (excludes halogenated alkanes) is 1. The molecule has 1 saturated heterocycles. The Bertz CT molecular complexity index is 424. The first-order valence-corrected chi connectivity index (χ1v) is 8.77. The molecule has 1 aliphatic heterocycles. The summed E-state index contributed by atoms with van der Waals surface area (Å²) in [5.41, 5.74) is 1.07. The molecule has 0 bridgehead atoms. The molecule has 1 heterocycles. The van der Waals surface area contributed by atoms with Gasteiger partial charge in [-0.1, -0.05) is 37.3 Å². The molecule has 0 radical (unpaired) electrons. The molecule has 20 heavy (non-hydrogen) atoms. The normalized spacial score (nSPS) is 22.5. The second kappa shape index (κ2) is 7.70. The standard InChI is InChI=1S/C16H24N2OS/c1-3-14-17-15(13-9-5-4-6-10-13)16(19)18(14)11-7-8-12-20-2/h4-6,9-10,14-15,17H,3,7-8,11-12H2,1-2H3. The van der Waals surface area contributed by atoms with Crippen LogP contribution in [0.1, 0.15) is 37.8 Å². The highest BCUT2D eigenvalue weighted by Crippen LogP contribution is 2.25. The van der Waals surface area contributed by atoms with E-state index in [0.29, 0.717) is 0 Å². The van der Waals surface area contributed by atoms with Gasteiger partial charge in [-0.15, -0.1) is 0 Å². The first-order valence-electron chi connectivity index (χ1n) is 7.38. The van der Waals surface area contributed by atoms with Gasteiger partial charge in [0.25, 0.3) is 0 Å². The number of hydrogen-bond acceptors (Lipinski definition) is 3. The number of rotatable bonds is 7. The molecule has 110 valence electrons. The van der Waals surface area contributed by atoms with E-state index in [0.717, 1.165) is 24.9 Å². The van der Waals surface area contributed by atoms with Crippen molar-refractivity contribution in [3.05, 3.63) is 35.9 Å². The van der Waals surface area contributed by atoms with Gasteiger partial charge >= 0.3 is 0 Å². The van der Waals surface area contributed by atoms with Gasteiger partial charge in [0.1, 0.15) is 6.04 Å². The molecule has 1 amide bonds. The molecular weight excluding hydrogens is 268 g/mol. The van der Waals surface area contributed by atoms with E-state index in [1.54, 1.807) is 0 Å². The van der Waals surface area contributed by atoms with E-state index in [4.69, 9.17) is 0 Å². The Morgan fingerprint density at radius 3 is 2.65 bits per heavy atom. The summed E-state index contributed by atoms with van der Waals surface area (Å²) < 4.78 is 0. The third-order valence-corrected chi connectivity index (χ3v) is 4.48. The average Bonchev–Trinajstić information content (AvgIpc) is 2.81. The lowest BCUT2D eigenvalue weighted by molar-refractivity contribution is -0.130. The highest BCUT2D eigenvalue weighted by molar-refractivity contribution is 7.98. The van der Waals surface area contributed by atoms with Crippen LogP contribution in [0.3, 0.4) is 0 Å². The van der Waals surface area contributed by atoms with Crippen molar-refractivity contribution in [3.63, 3.8) is 0 Å². The molecular formula is C16H24N2OS. The predicted molar refractivity (Wildman–Crippen MR) is 85.7 cm³/mol. The summed E-state index contributed by atoms with van der Waals surface area (Å²) in [6.07, 6.45) is 5.53. The van der Waals surface area contributed by atoms with Gasteiger partial charge in [-0.25, -0.2) is 0 Å². The van der Waals surface area contributed by atoms with Crippen LogP contribution in [0.4, 0.5) is 0 Å². The smallest absolute Gasteiger partial charge is 0.245 e. The Morgan fingerprint density at radius 2 is 2.00 bits per heavy atom.